The van der Waals surface area contributed by atoms with Gasteiger partial charge < -0.3 is 19.5 Å². The number of carbonyl (C=O) groups is 1. The Kier molecular flexibility index (Phi) is 7.41. The van der Waals surface area contributed by atoms with Crippen LogP contribution in [0.25, 0.3) is 11.1 Å². The standard InChI is InChI=1S/C27H29NO4/c1-28-23-12-16-25(17-13-23)32-27(29)22-8-6-20(7-9-22)21-10-14-24(15-11-21)30-18-4-2-3-5-26-19-31-26/h6-17,26,28H,2-5,18-19H2,1H3. The highest BCUT2D eigenvalue weighted by Crippen LogP contribution is 2.24. The van der Waals surface area contributed by atoms with Gasteiger partial charge in [-0.15, -0.1) is 0 Å². The lowest BCUT2D eigenvalue weighted by molar-refractivity contribution is 0.0735. The summed E-state index contributed by atoms with van der Waals surface area (Å²) in [6, 6.07) is 22.8. The molecular weight excluding hydrogens is 402 g/mol. The van der Waals surface area contributed by atoms with E-state index >= 15 is 0 Å². The van der Waals surface area contributed by atoms with Crippen molar-refractivity contribution in [3.63, 3.8) is 0 Å². The molecule has 0 bridgehead atoms. The molecule has 0 aliphatic carbocycles. The van der Waals surface area contributed by atoms with Gasteiger partial charge in [0.05, 0.1) is 24.9 Å². The van der Waals surface area contributed by atoms with Gasteiger partial charge in [0.25, 0.3) is 0 Å². The van der Waals surface area contributed by atoms with Gasteiger partial charge in [0.1, 0.15) is 11.5 Å². The highest BCUT2D eigenvalue weighted by molar-refractivity contribution is 5.91. The monoisotopic (exact) mass is 431 g/mol. The Morgan fingerprint density at radius 2 is 1.50 bits per heavy atom. The largest absolute Gasteiger partial charge is 0.494 e. The molecule has 0 aromatic heterocycles. The predicted octanol–water partition coefficient (Wildman–Crippen LogP) is 5.95. The second kappa shape index (κ2) is 10.8. The fourth-order valence-corrected chi connectivity index (χ4v) is 3.47. The van der Waals surface area contributed by atoms with Crippen molar-refractivity contribution in [3.8, 4) is 22.6 Å². The molecule has 1 N–H and O–H groups in total. The van der Waals surface area contributed by atoms with Gasteiger partial charge >= 0.3 is 5.97 Å². The quantitative estimate of drug-likeness (QED) is 0.176. The van der Waals surface area contributed by atoms with Crippen LogP contribution >= 0.6 is 0 Å². The van der Waals surface area contributed by atoms with Crippen molar-refractivity contribution in [1.82, 2.24) is 0 Å². The number of rotatable bonds is 11. The van der Waals surface area contributed by atoms with E-state index in [1.54, 1.807) is 24.3 Å². The zero-order valence-electron chi connectivity index (χ0n) is 18.4. The smallest absolute Gasteiger partial charge is 0.343 e. The maximum Gasteiger partial charge on any atom is 0.343 e. The summed E-state index contributed by atoms with van der Waals surface area (Å²) in [5.41, 5.74) is 3.59. The van der Waals surface area contributed by atoms with Crippen molar-refractivity contribution in [2.24, 2.45) is 0 Å². The van der Waals surface area contributed by atoms with Crippen LogP contribution in [0.3, 0.4) is 0 Å². The second-order valence-electron chi connectivity index (χ2n) is 7.92. The third-order valence-electron chi connectivity index (χ3n) is 5.50. The summed E-state index contributed by atoms with van der Waals surface area (Å²) in [4.78, 5) is 12.4. The van der Waals surface area contributed by atoms with E-state index in [1.165, 1.54) is 19.3 Å². The molecular formula is C27H29NO4. The van der Waals surface area contributed by atoms with E-state index in [1.807, 2.05) is 55.6 Å². The van der Waals surface area contributed by atoms with E-state index in [2.05, 4.69) is 5.32 Å². The van der Waals surface area contributed by atoms with Crippen molar-refractivity contribution >= 4 is 11.7 Å². The lowest BCUT2D eigenvalue weighted by Crippen LogP contribution is -2.08. The molecule has 1 saturated heterocycles. The summed E-state index contributed by atoms with van der Waals surface area (Å²) in [5.74, 6) is 1.02. The van der Waals surface area contributed by atoms with Crippen LogP contribution in [0.2, 0.25) is 0 Å². The number of benzene rings is 3. The topological polar surface area (TPSA) is 60.1 Å². The van der Waals surface area contributed by atoms with Crippen LogP contribution in [-0.2, 0) is 4.74 Å². The molecule has 3 aromatic rings. The Morgan fingerprint density at radius 3 is 2.12 bits per heavy atom. The van der Waals surface area contributed by atoms with Crippen LogP contribution in [-0.4, -0.2) is 32.3 Å². The van der Waals surface area contributed by atoms with E-state index in [4.69, 9.17) is 14.2 Å². The van der Waals surface area contributed by atoms with Gasteiger partial charge in [0.15, 0.2) is 0 Å². The van der Waals surface area contributed by atoms with Crippen molar-refractivity contribution in [3.05, 3.63) is 78.4 Å². The molecule has 1 fully saturated rings. The number of esters is 1. The second-order valence-corrected chi connectivity index (χ2v) is 7.92. The third-order valence-corrected chi connectivity index (χ3v) is 5.50. The highest BCUT2D eigenvalue weighted by atomic mass is 16.6. The van der Waals surface area contributed by atoms with Gasteiger partial charge in [-0.25, -0.2) is 4.79 Å². The molecule has 3 aromatic carbocycles. The van der Waals surface area contributed by atoms with Gasteiger partial charge in [0, 0.05) is 12.7 Å². The van der Waals surface area contributed by atoms with Crippen molar-refractivity contribution < 1.29 is 19.0 Å². The summed E-state index contributed by atoms with van der Waals surface area (Å²) in [6.07, 6.45) is 5.15. The molecule has 0 amide bonds. The molecule has 1 aliphatic heterocycles. The molecule has 0 spiro atoms. The Balaban J connectivity index is 1.25. The van der Waals surface area contributed by atoms with E-state index in [0.717, 1.165) is 42.2 Å². The van der Waals surface area contributed by atoms with E-state index in [9.17, 15) is 4.79 Å². The minimum atomic E-state index is -0.373. The summed E-state index contributed by atoms with van der Waals surface area (Å²) in [7, 11) is 1.84. The van der Waals surface area contributed by atoms with Crippen LogP contribution < -0.4 is 14.8 Å². The van der Waals surface area contributed by atoms with Crippen molar-refractivity contribution in [2.75, 3.05) is 25.6 Å². The maximum atomic E-state index is 12.4. The Labute approximate surface area is 189 Å². The van der Waals surface area contributed by atoms with Crippen LogP contribution in [0, 0.1) is 0 Å². The predicted molar refractivity (Wildman–Crippen MR) is 127 cm³/mol. The van der Waals surface area contributed by atoms with Crippen LogP contribution in [0.4, 0.5) is 5.69 Å². The first-order valence-electron chi connectivity index (χ1n) is 11.2. The average Bonchev–Trinajstić information content (AvgIpc) is 3.67. The number of nitrogens with one attached hydrogen (secondary N) is 1. The lowest BCUT2D eigenvalue weighted by Gasteiger charge is -2.08. The Bertz CT molecular complexity index is 993. The number of epoxide rings is 1. The van der Waals surface area contributed by atoms with E-state index < -0.39 is 0 Å². The first-order valence-corrected chi connectivity index (χ1v) is 11.2. The summed E-state index contributed by atoms with van der Waals surface area (Å²) in [5, 5.41) is 3.03. The minimum absolute atomic E-state index is 0.373. The number of anilines is 1. The molecule has 32 heavy (non-hydrogen) atoms. The third kappa shape index (κ3) is 6.34. The number of hydrogen-bond donors (Lipinski definition) is 1. The number of unbranched alkanes of at least 4 members (excludes halogenated alkanes) is 2. The molecule has 1 heterocycles. The first kappa shape index (κ1) is 21.9. The molecule has 0 radical (unpaired) electrons. The molecule has 5 nitrogen and oxygen atoms in total. The van der Waals surface area contributed by atoms with Gasteiger partial charge in [0.2, 0.25) is 0 Å². The maximum absolute atomic E-state index is 12.4. The fourth-order valence-electron chi connectivity index (χ4n) is 3.47. The zero-order valence-corrected chi connectivity index (χ0v) is 18.4. The molecule has 1 unspecified atom stereocenters. The number of hydrogen-bond acceptors (Lipinski definition) is 5. The zero-order chi connectivity index (χ0) is 22.2. The van der Waals surface area contributed by atoms with Crippen molar-refractivity contribution in [1.29, 1.82) is 0 Å². The SMILES string of the molecule is CNc1ccc(OC(=O)c2ccc(-c3ccc(OCCCCCC4CO4)cc3)cc2)cc1. The normalized spacial score (nSPS) is 14.6. The van der Waals surface area contributed by atoms with Gasteiger partial charge in [-0.2, -0.15) is 0 Å². The summed E-state index contributed by atoms with van der Waals surface area (Å²) in [6.45, 7) is 1.68. The lowest BCUT2D eigenvalue weighted by atomic mass is 10.0. The van der Waals surface area contributed by atoms with E-state index in [-0.39, 0.29) is 5.97 Å². The molecule has 1 atom stereocenters. The molecule has 0 saturated carbocycles. The summed E-state index contributed by atoms with van der Waals surface area (Å²) >= 11 is 0. The van der Waals surface area contributed by atoms with Crippen LogP contribution in [0.1, 0.15) is 36.0 Å². The fraction of sp³-hybridized carbons (Fsp3) is 0.296. The Hall–Kier alpha value is -3.31. The minimum Gasteiger partial charge on any atom is -0.494 e. The molecule has 5 heteroatoms. The van der Waals surface area contributed by atoms with Gasteiger partial charge in [-0.05, 0) is 78.9 Å². The van der Waals surface area contributed by atoms with Gasteiger partial charge in [-0.1, -0.05) is 30.7 Å². The molecule has 1 aliphatic rings. The summed E-state index contributed by atoms with van der Waals surface area (Å²) < 4.78 is 16.5. The van der Waals surface area contributed by atoms with E-state index in [0.29, 0.717) is 17.4 Å². The van der Waals surface area contributed by atoms with Crippen LogP contribution in [0.15, 0.2) is 72.8 Å². The number of ether oxygens (including phenoxy) is 3. The number of carbonyl (C=O) groups excluding carboxylic acids is 1. The van der Waals surface area contributed by atoms with Gasteiger partial charge in [-0.3, -0.25) is 0 Å². The first-order chi connectivity index (χ1) is 15.7. The molecule has 4 rings (SSSR count). The Morgan fingerprint density at radius 1 is 0.875 bits per heavy atom. The molecule has 166 valence electrons. The van der Waals surface area contributed by atoms with Crippen LogP contribution in [0.5, 0.6) is 11.5 Å². The average molecular weight is 432 g/mol. The van der Waals surface area contributed by atoms with Crippen molar-refractivity contribution in [2.45, 2.75) is 31.8 Å². The highest BCUT2D eigenvalue weighted by Gasteiger charge is 2.20.